The fourth-order valence-electron chi connectivity index (χ4n) is 9.19. The Hall–Kier alpha value is -7.35. The van der Waals surface area contributed by atoms with Crippen LogP contribution in [0.25, 0.3) is 45.2 Å². The lowest BCUT2D eigenvalue weighted by molar-refractivity contribution is -0.130. The van der Waals surface area contributed by atoms with E-state index in [1.165, 1.54) is 62.7 Å². The van der Waals surface area contributed by atoms with Crippen LogP contribution in [0.1, 0.15) is 136 Å². The number of thiazole rings is 1. The van der Waals surface area contributed by atoms with Gasteiger partial charge in [0, 0.05) is 45.9 Å². The first-order valence-corrected chi connectivity index (χ1v) is 29.0. The number of rotatable bonds is 32. The first kappa shape index (κ1) is 57.4. The average molecular weight is 1050 g/mol. The number of carbonyl (C=O) groups is 1. The second kappa shape index (κ2) is 31.0. The van der Waals surface area contributed by atoms with Gasteiger partial charge in [0.2, 0.25) is 0 Å². The van der Waals surface area contributed by atoms with Gasteiger partial charge in [0.15, 0.2) is 5.57 Å². The predicted octanol–water partition coefficient (Wildman–Crippen LogP) is 17.0. The molecule has 0 bridgehead atoms. The molecule has 0 unspecified atom stereocenters. The number of hydrogen-bond donors (Lipinski definition) is 1. The molecular weight excluding hydrogens is 975 g/mol. The fraction of sp³-hybridized carbons (Fsp3) is 0.358. The molecule has 0 aliphatic heterocycles. The number of carboxylic acid groups (broad SMARTS) is 1. The van der Waals surface area contributed by atoms with Gasteiger partial charge in [-0.15, -0.1) is 11.3 Å². The molecule has 1 aromatic heterocycles. The van der Waals surface area contributed by atoms with Crippen LogP contribution < -0.4 is 33.0 Å². The number of nitrogens with zero attached hydrogens (tertiary/aromatic N) is 3. The minimum atomic E-state index is -1.30. The summed E-state index contributed by atoms with van der Waals surface area (Å²) in [5.41, 5.74) is 8.95. The van der Waals surface area contributed by atoms with E-state index in [4.69, 9.17) is 18.9 Å². The molecule has 0 aliphatic rings. The van der Waals surface area contributed by atoms with Gasteiger partial charge in [-0.05, 0) is 109 Å². The quantitative estimate of drug-likeness (QED) is 0.0412. The Bertz CT molecular complexity index is 2950. The monoisotopic (exact) mass is 1050 g/mol. The van der Waals surface area contributed by atoms with Gasteiger partial charge in [-0.1, -0.05) is 171 Å². The maximum absolute atomic E-state index is 12.0. The number of aliphatic carboxylic acids is 1. The summed E-state index contributed by atoms with van der Waals surface area (Å²) in [4.78, 5) is 19.0. The summed E-state index contributed by atoms with van der Waals surface area (Å²) in [6.07, 6.45) is 20.2. The molecule has 10 heteroatoms. The van der Waals surface area contributed by atoms with E-state index < -0.39 is 5.97 Å². The Balaban J connectivity index is 1.25. The smallest absolute Gasteiger partial charge is 0.349 e. The number of unbranched alkanes of at least 4 members (excludes halogenated alkanes) is 12. The Labute approximate surface area is 461 Å². The van der Waals surface area contributed by atoms with Crippen LogP contribution in [0.5, 0.6) is 23.0 Å². The summed E-state index contributed by atoms with van der Waals surface area (Å²) in [5.74, 6) is 1.99. The summed E-state index contributed by atoms with van der Waals surface area (Å²) in [6.45, 7) is 11.5. The highest BCUT2D eigenvalue weighted by molar-refractivity contribution is 7.08. The van der Waals surface area contributed by atoms with Gasteiger partial charge in [-0.3, -0.25) is 0 Å². The molecule has 7 rings (SSSR count). The van der Waals surface area contributed by atoms with Crippen LogP contribution in [0.3, 0.4) is 0 Å². The van der Waals surface area contributed by atoms with Crippen molar-refractivity contribution in [2.24, 2.45) is 0 Å². The van der Waals surface area contributed by atoms with Crippen LogP contribution >= 0.6 is 11.3 Å². The van der Waals surface area contributed by atoms with E-state index >= 15 is 0 Å². The lowest BCUT2D eigenvalue weighted by atomic mass is 10.0. The van der Waals surface area contributed by atoms with Gasteiger partial charge in [-0.25, -0.2) is 9.78 Å². The molecule has 0 atom stereocenters. The van der Waals surface area contributed by atoms with Crippen molar-refractivity contribution in [2.75, 3.05) is 31.3 Å². The summed E-state index contributed by atoms with van der Waals surface area (Å²) in [5, 5.41) is 19.6. The second-order valence-electron chi connectivity index (χ2n) is 19.5. The zero-order valence-electron chi connectivity index (χ0n) is 45.7. The lowest BCUT2D eigenvalue weighted by Crippen LogP contribution is -2.11. The number of carboxylic acids is 1. The Morgan fingerprint density at radius 3 is 1.38 bits per heavy atom. The fourth-order valence-corrected chi connectivity index (χ4v) is 10.2. The number of nitriles is 1. The molecule has 402 valence electrons. The van der Waals surface area contributed by atoms with Crippen molar-refractivity contribution in [1.29, 1.82) is 5.26 Å². The predicted molar refractivity (Wildman–Crippen MR) is 318 cm³/mol. The highest BCUT2D eigenvalue weighted by atomic mass is 32.1. The van der Waals surface area contributed by atoms with Crippen molar-refractivity contribution in [3.05, 3.63) is 154 Å². The van der Waals surface area contributed by atoms with Crippen molar-refractivity contribution in [2.45, 2.75) is 130 Å². The molecule has 0 aliphatic carbocycles. The molecule has 9 nitrogen and oxygen atoms in total. The van der Waals surface area contributed by atoms with Crippen molar-refractivity contribution >= 4 is 46.0 Å². The molecule has 0 fully saturated rings. The van der Waals surface area contributed by atoms with Gasteiger partial charge in [0.1, 0.15) is 33.7 Å². The number of aromatic nitrogens is 1. The molecule has 1 heterocycles. The zero-order chi connectivity index (χ0) is 54.0. The normalized spacial score (nSPS) is 11.8. The van der Waals surface area contributed by atoms with E-state index in [1.807, 2.05) is 42.5 Å². The number of anilines is 3. The Morgan fingerprint density at radius 2 is 0.961 bits per heavy atom. The molecule has 0 saturated heterocycles. The maximum atomic E-state index is 12.0. The van der Waals surface area contributed by atoms with Crippen molar-refractivity contribution in [1.82, 2.24) is 4.98 Å². The van der Waals surface area contributed by atoms with Gasteiger partial charge in [0.05, 0.1) is 36.7 Å². The van der Waals surface area contributed by atoms with Crippen LogP contribution in [0, 0.1) is 11.3 Å². The van der Waals surface area contributed by atoms with Crippen LogP contribution in [0.15, 0.2) is 140 Å². The van der Waals surface area contributed by atoms with Gasteiger partial charge < -0.3 is 29.0 Å². The van der Waals surface area contributed by atoms with Crippen LogP contribution in [-0.2, 0) is 4.79 Å². The van der Waals surface area contributed by atoms with Gasteiger partial charge in [0.25, 0.3) is 0 Å². The highest BCUT2D eigenvalue weighted by Gasteiger charge is 2.18. The molecule has 77 heavy (non-hydrogen) atoms. The third-order valence-electron chi connectivity index (χ3n) is 13.5. The third kappa shape index (κ3) is 16.8. The number of benzene rings is 6. The molecule has 0 saturated carbocycles. The highest BCUT2D eigenvalue weighted by Crippen LogP contribution is 2.41. The van der Waals surface area contributed by atoms with Gasteiger partial charge >= 0.3 is 5.97 Å². The Kier molecular flexibility index (Phi) is 23.1. The molecule has 0 amide bonds. The first-order valence-electron chi connectivity index (χ1n) is 28.2. The average Bonchev–Trinajstić information content (AvgIpc) is 3.87. The van der Waals surface area contributed by atoms with Crippen molar-refractivity contribution in [3.63, 3.8) is 0 Å². The maximum Gasteiger partial charge on any atom is 0.349 e. The third-order valence-corrected chi connectivity index (χ3v) is 14.5. The summed E-state index contributed by atoms with van der Waals surface area (Å²) >= 11 is 1.19. The molecule has 0 radical (unpaired) electrons. The van der Waals surface area contributed by atoms with E-state index in [9.17, 15) is 15.2 Å². The topological polar surface area (TPSA) is 114 Å². The minimum absolute atomic E-state index is 0.167. The van der Waals surface area contributed by atoms with E-state index in [-0.39, 0.29) is 10.2 Å². The van der Waals surface area contributed by atoms with Crippen molar-refractivity contribution in [3.8, 4) is 62.6 Å². The summed E-state index contributed by atoms with van der Waals surface area (Å²) < 4.78 is 26.4. The zero-order valence-corrected chi connectivity index (χ0v) is 46.6. The van der Waals surface area contributed by atoms with E-state index in [0.717, 1.165) is 129 Å². The minimum Gasteiger partial charge on any atom is -0.493 e. The van der Waals surface area contributed by atoms with E-state index in [2.05, 4.69) is 147 Å². The van der Waals surface area contributed by atoms with Crippen LogP contribution in [-0.4, -0.2) is 42.5 Å². The van der Waals surface area contributed by atoms with E-state index in [1.54, 1.807) is 0 Å². The molecule has 6 aromatic carbocycles. The second-order valence-corrected chi connectivity index (χ2v) is 20.5. The van der Waals surface area contributed by atoms with Crippen LogP contribution in [0.2, 0.25) is 0 Å². The van der Waals surface area contributed by atoms with Gasteiger partial charge in [-0.2, -0.15) is 5.26 Å². The first-order chi connectivity index (χ1) is 37.8. The molecule has 7 aromatic rings. The summed E-state index contributed by atoms with van der Waals surface area (Å²) in [6, 6.07) is 49.5. The molecule has 1 N–H and O–H groups in total. The van der Waals surface area contributed by atoms with E-state index in [0.29, 0.717) is 32.1 Å². The van der Waals surface area contributed by atoms with Crippen LogP contribution in [0.4, 0.5) is 17.1 Å². The standard InChI is InChI=1S/C67H77N3O6S/c1-5-9-13-20-42-73-57-38-40-59(62(47-57)75-44-22-15-11-7-3)51-28-34-55(35-29-51)70(54-32-26-50(27-33-54)46-64-65(53-24-18-17-19-25-53)69-66(77-64)61(49-68)67(71)72)56-36-30-52(31-37-56)60-41-39-58(74-43-21-14-10-6-2)48-63(60)76-45-23-16-12-8-4/h17-19,24-41,46-48H,5-16,20-23,42-45H2,1-4H3,(H,71,72)/b64-46-,66-61+. The largest absolute Gasteiger partial charge is 0.493 e. The lowest BCUT2D eigenvalue weighted by Gasteiger charge is -2.26. The SMILES string of the molecule is CCCCCCOc1ccc(-c2ccc(N(c3ccc(/C=c4\s/c(=C(\C#N)C(=O)O)nc4-c4ccccc4)cc3)c3ccc(-c4ccc(OCCCCCC)cc4OCCCCCC)cc3)cc2)c(OCCCCCC)c1. The van der Waals surface area contributed by atoms with Crippen molar-refractivity contribution < 1.29 is 28.8 Å². The Morgan fingerprint density at radius 1 is 0.532 bits per heavy atom. The molecule has 0 spiro atoms. The number of hydrogen-bond acceptors (Lipinski definition) is 9. The molecular formula is C67H77N3O6S. The number of ether oxygens (including phenoxy) is 4. The summed E-state index contributed by atoms with van der Waals surface area (Å²) in [7, 11) is 0.